The molecule has 3 rings (SSSR count). The molecule has 1 atom stereocenters. The summed E-state index contributed by atoms with van der Waals surface area (Å²) in [5, 5.41) is 3.30. The van der Waals surface area contributed by atoms with Gasteiger partial charge in [0, 0.05) is 11.6 Å². The molecule has 0 fully saturated rings. The molecule has 0 spiro atoms. The topological polar surface area (TPSA) is 84.9 Å². The van der Waals surface area contributed by atoms with Crippen LogP contribution in [0.2, 0.25) is 5.02 Å². The molecule has 9 heteroatoms. The zero-order valence-electron chi connectivity index (χ0n) is 20.1. The van der Waals surface area contributed by atoms with Crippen molar-refractivity contribution in [3.8, 4) is 11.5 Å². The lowest BCUT2D eigenvalue weighted by atomic mass is 10.1. The van der Waals surface area contributed by atoms with Crippen LogP contribution in [0.5, 0.6) is 11.5 Å². The molecule has 0 saturated carbocycles. The lowest BCUT2D eigenvalue weighted by Gasteiger charge is -2.24. The third-order valence-corrected chi connectivity index (χ3v) is 7.74. The third kappa shape index (κ3) is 6.54. The number of aryl methyl sites for hydroxylation is 1. The van der Waals surface area contributed by atoms with Crippen LogP contribution in [0.15, 0.2) is 71.6 Å². The van der Waals surface area contributed by atoms with Crippen LogP contribution in [0.25, 0.3) is 0 Å². The summed E-state index contributed by atoms with van der Waals surface area (Å²) in [5.41, 5.74) is 2.32. The van der Waals surface area contributed by atoms with Crippen LogP contribution < -0.4 is 14.8 Å². The van der Waals surface area contributed by atoms with E-state index in [1.165, 1.54) is 19.2 Å². The van der Waals surface area contributed by atoms with Crippen molar-refractivity contribution in [3.63, 3.8) is 0 Å². The fourth-order valence-corrected chi connectivity index (χ4v) is 5.12. The molecule has 0 radical (unpaired) electrons. The van der Waals surface area contributed by atoms with Gasteiger partial charge >= 0.3 is 0 Å². The minimum Gasteiger partial charge on any atom is -0.493 e. The molecule has 0 aliphatic rings. The quantitative estimate of drug-likeness (QED) is 0.421. The zero-order valence-corrected chi connectivity index (χ0v) is 21.7. The van der Waals surface area contributed by atoms with E-state index in [0.29, 0.717) is 22.1 Å². The highest BCUT2D eigenvalue weighted by Gasteiger charge is 2.28. The van der Waals surface area contributed by atoms with Gasteiger partial charge in [0.15, 0.2) is 11.5 Å². The Morgan fingerprint density at radius 1 is 1.00 bits per heavy atom. The molecule has 3 aromatic rings. The van der Waals surface area contributed by atoms with Crippen molar-refractivity contribution in [2.45, 2.75) is 31.3 Å². The number of methoxy groups -OCH3 is 2. The van der Waals surface area contributed by atoms with E-state index in [-0.39, 0.29) is 18.0 Å². The molecule has 1 amide bonds. The van der Waals surface area contributed by atoms with Crippen LogP contribution in [0.4, 0.5) is 0 Å². The van der Waals surface area contributed by atoms with Gasteiger partial charge in [-0.25, -0.2) is 8.42 Å². The second-order valence-corrected chi connectivity index (χ2v) is 10.4. The first-order valence-electron chi connectivity index (χ1n) is 11.0. The number of nitrogens with one attached hydrogen (secondary N) is 1. The van der Waals surface area contributed by atoms with E-state index in [9.17, 15) is 13.2 Å². The van der Waals surface area contributed by atoms with Crippen molar-refractivity contribution in [3.05, 3.63) is 88.4 Å². The smallest absolute Gasteiger partial charge is 0.243 e. The molecule has 3 aromatic carbocycles. The zero-order chi connectivity index (χ0) is 25.6. The number of halogens is 1. The van der Waals surface area contributed by atoms with Crippen LogP contribution in [0.1, 0.15) is 29.7 Å². The standard InChI is InChI=1S/C26H29ClN2O5S/c1-18-9-12-22(13-10-18)35(31,32)29(16-21-7-5-6-8-23(21)27)17-26(30)28-19(2)20-11-14-24(33-3)25(15-20)34-4/h5-15,19H,16-17H2,1-4H3,(H,28,30)/t19-/m0/s1. The molecule has 35 heavy (non-hydrogen) atoms. The molecule has 7 nitrogen and oxygen atoms in total. The van der Waals surface area contributed by atoms with Gasteiger partial charge in [0.2, 0.25) is 15.9 Å². The van der Waals surface area contributed by atoms with E-state index >= 15 is 0 Å². The Morgan fingerprint density at radius 2 is 1.66 bits per heavy atom. The monoisotopic (exact) mass is 516 g/mol. The van der Waals surface area contributed by atoms with Crippen LogP contribution in [0.3, 0.4) is 0 Å². The van der Waals surface area contributed by atoms with Gasteiger partial charge in [-0.3, -0.25) is 4.79 Å². The van der Waals surface area contributed by atoms with Crippen molar-refractivity contribution in [2.75, 3.05) is 20.8 Å². The minimum absolute atomic E-state index is 0.0476. The van der Waals surface area contributed by atoms with Gasteiger partial charge in [-0.05, 0) is 55.3 Å². The summed E-state index contributed by atoms with van der Waals surface area (Å²) in [7, 11) is -0.889. The molecule has 0 aliphatic heterocycles. The van der Waals surface area contributed by atoms with Crippen molar-refractivity contribution < 1.29 is 22.7 Å². The van der Waals surface area contributed by atoms with Gasteiger partial charge in [-0.2, -0.15) is 4.31 Å². The summed E-state index contributed by atoms with van der Waals surface area (Å²) in [6.45, 7) is 3.26. The summed E-state index contributed by atoms with van der Waals surface area (Å²) in [4.78, 5) is 13.1. The molecule has 0 heterocycles. The largest absolute Gasteiger partial charge is 0.493 e. The maximum atomic E-state index is 13.5. The number of rotatable bonds is 10. The molecule has 0 aromatic heterocycles. The fourth-order valence-electron chi connectivity index (χ4n) is 3.55. The summed E-state index contributed by atoms with van der Waals surface area (Å²) in [6.07, 6.45) is 0. The fraction of sp³-hybridized carbons (Fsp3) is 0.269. The molecule has 0 aliphatic carbocycles. The number of sulfonamides is 1. The van der Waals surface area contributed by atoms with E-state index < -0.39 is 22.0 Å². The van der Waals surface area contributed by atoms with Crippen LogP contribution in [-0.2, 0) is 21.4 Å². The van der Waals surface area contributed by atoms with Crippen LogP contribution in [-0.4, -0.2) is 39.4 Å². The average Bonchev–Trinajstić information content (AvgIpc) is 2.84. The molecule has 0 unspecified atom stereocenters. The van der Waals surface area contributed by atoms with Gasteiger partial charge in [0.1, 0.15) is 0 Å². The molecule has 0 bridgehead atoms. The first-order valence-corrected chi connectivity index (χ1v) is 12.8. The first-order chi connectivity index (χ1) is 16.6. The normalized spacial score (nSPS) is 12.3. The Kier molecular flexibility index (Phi) is 8.77. The number of benzene rings is 3. The van der Waals surface area contributed by atoms with Gasteiger partial charge in [0.25, 0.3) is 0 Å². The highest BCUT2D eigenvalue weighted by molar-refractivity contribution is 7.89. The number of nitrogens with zero attached hydrogens (tertiary/aromatic N) is 1. The Hall–Kier alpha value is -3.07. The number of carbonyl (C=O) groups excluding carboxylic acids is 1. The maximum absolute atomic E-state index is 13.5. The second-order valence-electron chi connectivity index (χ2n) is 8.08. The Bertz CT molecular complexity index is 1280. The molecular weight excluding hydrogens is 488 g/mol. The van der Waals surface area contributed by atoms with E-state index in [0.717, 1.165) is 15.4 Å². The highest BCUT2D eigenvalue weighted by atomic mass is 35.5. The second kappa shape index (κ2) is 11.6. The van der Waals surface area contributed by atoms with Crippen LogP contribution in [0, 0.1) is 6.92 Å². The Morgan fingerprint density at radius 3 is 2.29 bits per heavy atom. The van der Waals surface area contributed by atoms with Gasteiger partial charge in [-0.1, -0.05) is 53.6 Å². The summed E-state index contributed by atoms with van der Waals surface area (Å²) in [6, 6.07) is 18.4. The minimum atomic E-state index is -3.97. The molecule has 0 saturated heterocycles. The van der Waals surface area contributed by atoms with Crippen molar-refractivity contribution in [1.82, 2.24) is 9.62 Å². The van der Waals surface area contributed by atoms with E-state index in [1.807, 2.05) is 19.9 Å². The lowest BCUT2D eigenvalue weighted by molar-refractivity contribution is -0.122. The van der Waals surface area contributed by atoms with Crippen molar-refractivity contribution in [1.29, 1.82) is 0 Å². The van der Waals surface area contributed by atoms with Crippen molar-refractivity contribution >= 4 is 27.5 Å². The first kappa shape index (κ1) is 26.5. The Labute approximate surface area is 211 Å². The number of hydrogen-bond donors (Lipinski definition) is 1. The predicted octanol–water partition coefficient (Wildman–Crippen LogP) is 4.73. The summed E-state index contributed by atoms with van der Waals surface area (Å²) in [5.74, 6) is 0.660. The lowest BCUT2D eigenvalue weighted by Crippen LogP contribution is -2.41. The molecule has 1 N–H and O–H groups in total. The maximum Gasteiger partial charge on any atom is 0.243 e. The molecular formula is C26H29ClN2O5S. The predicted molar refractivity (Wildman–Crippen MR) is 136 cm³/mol. The number of amides is 1. The SMILES string of the molecule is COc1ccc([C@H](C)NC(=O)CN(Cc2ccccc2Cl)S(=O)(=O)c2ccc(C)cc2)cc1OC. The summed E-state index contributed by atoms with van der Waals surface area (Å²) >= 11 is 6.30. The number of hydrogen-bond acceptors (Lipinski definition) is 5. The number of carbonyl (C=O) groups is 1. The molecule has 186 valence electrons. The Balaban J connectivity index is 1.84. The van der Waals surface area contributed by atoms with Gasteiger partial charge in [-0.15, -0.1) is 0 Å². The van der Waals surface area contributed by atoms with Crippen LogP contribution >= 0.6 is 11.6 Å². The van der Waals surface area contributed by atoms with E-state index in [1.54, 1.807) is 55.6 Å². The van der Waals surface area contributed by atoms with E-state index in [2.05, 4.69) is 5.32 Å². The van der Waals surface area contributed by atoms with Gasteiger partial charge < -0.3 is 14.8 Å². The number of ether oxygens (including phenoxy) is 2. The third-order valence-electron chi connectivity index (χ3n) is 5.57. The summed E-state index contributed by atoms with van der Waals surface area (Å²) < 4.78 is 38.7. The highest BCUT2D eigenvalue weighted by Crippen LogP contribution is 2.30. The van der Waals surface area contributed by atoms with E-state index in [4.69, 9.17) is 21.1 Å². The van der Waals surface area contributed by atoms with Gasteiger partial charge in [0.05, 0.1) is 31.7 Å². The average molecular weight is 517 g/mol. The van der Waals surface area contributed by atoms with Crippen molar-refractivity contribution in [2.24, 2.45) is 0 Å².